The van der Waals surface area contributed by atoms with Crippen LogP contribution in [0.3, 0.4) is 0 Å². The van der Waals surface area contributed by atoms with E-state index in [1.165, 1.54) is 38.5 Å². The predicted molar refractivity (Wildman–Crippen MR) is 58.6 cm³/mol. The van der Waals surface area contributed by atoms with Crippen LogP contribution in [-0.2, 0) is 0 Å². The van der Waals surface area contributed by atoms with E-state index in [4.69, 9.17) is 0 Å². The van der Waals surface area contributed by atoms with Gasteiger partial charge in [0.15, 0.2) is 0 Å². The Morgan fingerprint density at radius 2 is 1.77 bits per heavy atom. The van der Waals surface area contributed by atoms with Crippen LogP contribution < -0.4 is 0 Å². The number of unbranched alkanes of at least 4 members (excludes halogenated alkanes) is 1. The van der Waals surface area contributed by atoms with Gasteiger partial charge in [-0.15, -0.1) is 0 Å². The van der Waals surface area contributed by atoms with Gasteiger partial charge >= 0.3 is 0 Å². The third-order valence-corrected chi connectivity index (χ3v) is 3.41. The first-order valence-electron chi connectivity index (χ1n) is 5.69. The van der Waals surface area contributed by atoms with Crippen LogP contribution in [0, 0.1) is 12.8 Å². The summed E-state index contributed by atoms with van der Waals surface area (Å²) in [6, 6.07) is 0.857. The van der Waals surface area contributed by atoms with Gasteiger partial charge in [-0.3, -0.25) is 0 Å². The maximum atomic E-state index is 3.91. The highest BCUT2D eigenvalue weighted by Crippen LogP contribution is 2.29. The lowest BCUT2D eigenvalue weighted by molar-refractivity contribution is 0.188. The minimum absolute atomic E-state index is 0.857. The molecule has 1 aliphatic carbocycles. The molecule has 0 aromatic rings. The van der Waals surface area contributed by atoms with Crippen LogP contribution in [0.2, 0.25) is 0 Å². The average Bonchev–Trinajstić information content (AvgIpc) is 2.15. The maximum Gasteiger partial charge on any atom is 0.00893 e. The van der Waals surface area contributed by atoms with Crippen molar-refractivity contribution in [3.8, 4) is 0 Å². The summed E-state index contributed by atoms with van der Waals surface area (Å²) < 4.78 is 0. The summed E-state index contributed by atoms with van der Waals surface area (Å²) in [6.07, 6.45) is 9.59. The van der Waals surface area contributed by atoms with E-state index in [9.17, 15) is 0 Å². The smallest absolute Gasteiger partial charge is 0.00893 e. The number of rotatable bonds is 4. The van der Waals surface area contributed by atoms with Gasteiger partial charge in [-0.25, -0.2) is 0 Å². The first-order chi connectivity index (χ1) is 6.24. The van der Waals surface area contributed by atoms with E-state index in [-0.39, 0.29) is 0 Å². The van der Waals surface area contributed by atoms with Gasteiger partial charge in [-0.05, 0) is 45.7 Å². The van der Waals surface area contributed by atoms with Gasteiger partial charge in [-0.2, -0.15) is 0 Å². The highest BCUT2D eigenvalue weighted by Gasteiger charge is 2.21. The van der Waals surface area contributed by atoms with Gasteiger partial charge in [0.05, 0.1) is 0 Å². The van der Waals surface area contributed by atoms with Crippen molar-refractivity contribution in [1.82, 2.24) is 4.90 Å². The fraction of sp³-hybridized carbons (Fsp3) is 0.917. The number of hydrogen-bond acceptors (Lipinski definition) is 1. The highest BCUT2D eigenvalue weighted by atomic mass is 15.1. The number of hydrogen-bond donors (Lipinski definition) is 0. The molecule has 0 aromatic heterocycles. The second-order valence-corrected chi connectivity index (χ2v) is 4.63. The van der Waals surface area contributed by atoms with Crippen molar-refractivity contribution in [2.45, 2.75) is 51.0 Å². The van der Waals surface area contributed by atoms with E-state index in [0.29, 0.717) is 0 Å². The fourth-order valence-electron chi connectivity index (χ4n) is 2.38. The number of nitrogens with zero attached hydrogens (tertiary/aromatic N) is 1. The van der Waals surface area contributed by atoms with Crippen molar-refractivity contribution in [2.75, 3.05) is 14.1 Å². The molecule has 77 valence electrons. The van der Waals surface area contributed by atoms with Crippen LogP contribution in [0.25, 0.3) is 0 Å². The third kappa shape index (κ3) is 3.68. The second-order valence-electron chi connectivity index (χ2n) is 4.63. The Morgan fingerprint density at radius 1 is 1.15 bits per heavy atom. The van der Waals surface area contributed by atoms with E-state index in [0.717, 1.165) is 18.4 Å². The Bertz CT molecular complexity index is 123. The topological polar surface area (TPSA) is 3.24 Å². The average molecular weight is 182 g/mol. The van der Waals surface area contributed by atoms with E-state index < -0.39 is 0 Å². The summed E-state index contributed by atoms with van der Waals surface area (Å²) in [7, 11) is 4.42. The van der Waals surface area contributed by atoms with Crippen LogP contribution in [-0.4, -0.2) is 25.0 Å². The second kappa shape index (κ2) is 5.64. The molecule has 1 heteroatoms. The molecule has 1 aliphatic rings. The summed E-state index contributed by atoms with van der Waals surface area (Å²) in [4.78, 5) is 2.39. The molecule has 1 radical (unpaired) electrons. The molecule has 13 heavy (non-hydrogen) atoms. The molecule has 0 unspecified atom stereocenters. The Balaban J connectivity index is 2.15. The van der Waals surface area contributed by atoms with Crippen molar-refractivity contribution >= 4 is 0 Å². The fourth-order valence-corrected chi connectivity index (χ4v) is 2.38. The third-order valence-electron chi connectivity index (χ3n) is 3.41. The Labute approximate surface area is 83.5 Å². The maximum absolute atomic E-state index is 3.91. The lowest BCUT2D eigenvalue weighted by Crippen LogP contribution is -2.32. The highest BCUT2D eigenvalue weighted by molar-refractivity contribution is 4.76. The summed E-state index contributed by atoms with van der Waals surface area (Å²) >= 11 is 0. The first-order valence-corrected chi connectivity index (χ1v) is 5.69. The van der Waals surface area contributed by atoms with Crippen molar-refractivity contribution in [3.63, 3.8) is 0 Å². The quantitative estimate of drug-likeness (QED) is 0.645. The molecular formula is C12H24N. The summed E-state index contributed by atoms with van der Waals surface area (Å²) in [5.74, 6) is 1.01. The molecule has 0 atom stereocenters. The van der Waals surface area contributed by atoms with Gasteiger partial charge < -0.3 is 4.90 Å². The monoisotopic (exact) mass is 182 g/mol. The van der Waals surface area contributed by atoms with Gasteiger partial charge in [0, 0.05) is 6.04 Å². The van der Waals surface area contributed by atoms with Crippen LogP contribution in [0.5, 0.6) is 0 Å². The molecule has 0 heterocycles. The minimum atomic E-state index is 0.857. The molecule has 1 saturated carbocycles. The van der Waals surface area contributed by atoms with Crippen LogP contribution in [0.1, 0.15) is 44.9 Å². The summed E-state index contributed by atoms with van der Waals surface area (Å²) in [5, 5.41) is 0. The van der Waals surface area contributed by atoms with E-state index in [1.54, 1.807) is 0 Å². The zero-order valence-corrected chi connectivity index (χ0v) is 9.26. The van der Waals surface area contributed by atoms with Gasteiger partial charge in [-0.1, -0.05) is 26.2 Å². The van der Waals surface area contributed by atoms with Crippen LogP contribution >= 0.6 is 0 Å². The van der Waals surface area contributed by atoms with Gasteiger partial charge in [0.1, 0.15) is 0 Å². The molecule has 0 aliphatic heterocycles. The SMILES string of the molecule is [CH2]CCCC1CCC(N(C)C)CC1. The molecule has 1 rings (SSSR count). The first kappa shape index (κ1) is 11.0. The lowest BCUT2D eigenvalue weighted by Gasteiger charge is -2.32. The Hall–Kier alpha value is -0.0400. The normalized spacial score (nSPS) is 29.5. The largest absolute Gasteiger partial charge is 0.306 e. The molecular weight excluding hydrogens is 158 g/mol. The zero-order chi connectivity index (χ0) is 9.68. The summed E-state index contributed by atoms with van der Waals surface area (Å²) in [5.41, 5.74) is 0. The van der Waals surface area contributed by atoms with E-state index in [1.807, 2.05) is 0 Å². The molecule has 1 nitrogen and oxygen atoms in total. The van der Waals surface area contributed by atoms with Gasteiger partial charge in [0.2, 0.25) is 0 Å². The van der Waals surface area contributed by atoms with Crippen molar-refractivity contribution in [3.05, 3.63) is 6.92 Å². The van der Waals surface area contributed by atoms with Gasteiger partial charge in [0.25, 0.3) is 0 Å². The molecule has 0 N–H and O–H groups in total. The van der Waals surface area contributed by atoms with Crippen molar-refractivity contribution in [1.29, 1.82) is 0 Å². The lowest BCUT2D eigenvalue weighted by atomic mass is 9.83. The van der Waals surface area contributed by atoms with E-state index in [2.05, 4.69) is 25.9 Å². The molecule has 0 aromatic carbocycles. The molecule has 0 amide bonds. The molecule has 1 fully saturated rings. The standard InChI is InChI=1S/C12H24N/c1-4-5-6-11-7-9-12(10-8-11)13(2)3/h11-12H,1,4-10H2,2-3H3. The van der Waals surface area contributed by atoms with E-state index >= 15 is 0 Å². The predicted octanol–water partition coefficient (Wildman–Crippen LogP) is 3.11. The molecule has 0 bridgehead atoms. The molecule has 0 spiro atoms. The minimum Gasteiger partial charge on any atom is -0.306 e. The zero-order valence-electron chi connectivity index (χ0n) is 9.26. The molecule has 0 saturated heterocycles. The Kier molecular flexibility index (Phi) is 4.79. The van der Waals surface area contributed by atoms with Crippen molar-refractivity contribution in [2.24, 2.45) is 5.92 Å². The van der Waals surface area contributed by atoms with Crippen LogP contribution in [0.4, 0.5) is 0 Å². The summed E-state index contributed by atoms with van der Waals surface area (Å²) in [6.45, 7) is 3.91. The Morgan fingerprint density at radius 3 is 2.23 bits per heavy atom. The van der Waals surface area contributed by atoms with Crippen molar-refractivity contribution < 1.29 is 0 Å². The van der Waals surface area contributed by atoms with Crippen LogP contribution in [0.15, 0.2) is 0 Å².